The van der Waals surface area contributed by atoms with Crippen molar-refractivity contribution in [3.63, 3.8) is 0 Å². The SMILES string of the molecule is CCCCCCCCCCCCCCCCCC[N+](C)(CCCCCCCCCC)CCC[Si](OCCN(CCO)CCS(=O)(=O)[O-])(OCCN(CCO)CCS(=O)(=O)O)OCCN(CCO)CCS(=O)(=O)O. The zero-order valence-electron chi connectivity index (χ0n) is 46.1. The third-order valence-corrected chi connectivity index (χ3v) is 18.7. The Hall–Kier alpha value is -0.453. The molecular formula is C50H108N4O15S3Si. The molecule has 0 spiro atoms. The molecule has 0 heterocycles. The minimum Gasteiger partial charge on any atom is -0.748 e. The summed E-state index contributed by atoms with van der Waals surface area (Å²) < 4.78 is 121. The minimum atomic E-state index is -4.54. The van der Waals surface area contributed by atoms with Crippen LogP contribution in [0.1, 0.15) is 174 Å². The first-order valence-electron chi connectivity index (χ1n) is 28.3. The molecule has 0 amide bonds. The lowest BCUT2D eigenvalue weighted by molar-refractivity contribution is -0.910. The third-order valence-electron chi connectivity index (χ3n) is 13.7. The van der Waals surface area contributed by atoms with E-state index < -0.39 is 56.4 Å². The van der Waals surface area contributed by atoms with Gasteiger partial charge in [-0.3, -0.25) is 23.8 Å². The van der Waals surface area contributed by atoms with Gasteiger partial charge in [0.25, 0.3) is 20.2 Å². The molecule has 1 unspecified atom stereocenters. The van der Waals surface area contributed by atoms with Gasteiger partial charge in [0.2, 0.25) is 0 Å². The number of aliphatic hydroxyl groups excluding tert-OH is 3. The Balaban J connectivity index is 6.32. The van der Waals surface area contributed by atoms with Crippen molar-refractivity contribution in [3.8, 4) is 0 Å². The van der Waals surface area contributed by atoms with Crippen LogP contribution in [0.15, 0.2) is 0 Å². The first-order valence-corrected chi connectivity index (χ1v) is 35.1. The minimum absolute atomic E-state index is 0.0147. The molecule has 0 aromatic carbocycles. The van der Waals surface area contributed by atoms with E-state index in [1.807, 2.05) is 0 Å². The Kier molecular flexibility index (Phi) is 45.1. The highest BCUT2D eigenvalue weighted by molar-refractivity contribution is 7.86. The maximum atomic E-state index is 11.6. The van der Waals surface area contributed by atoms with Crippen molar-refractivity contribution in [1.82, 2.24) is 14.7 Å². The van der Waals surface area contributed by atoms with Gasteiger partial charge in [-0.2, -0.15) is 16.8 Å². The van der Waals surface area contributed by atoms with Crippen molar-refractivity contribution in [2.75, 3.05) is 142 Å². The molecule has 5 N–H and O–H groups in total. The van der Waals surface area contributed by atoms with Crippen LogP contribution >= 0.6 is 0 Å². The second kappa shape index (κ2) is 45.4. The summed E-state index contributed by atoms with van der Waals surface area (Å²) >= 11 is 0. The Labute approximate surface area is 446 Å². The highest BCUT2D eigenvalue weighted by Gasteiger charge is 2.42. The molecule has 0 fully saturated rings. The van der Waals surface area contributed by atoms with Crippen molar-refractivity contribution in [3.05, 3.63) is 0 Å². The molecule has 0 aromatic heterocycles. The molecule has 0 bridgehead atoms. The van der Waals surface area contributed by atoms with E-state index in [4.69, 9.17) is 13.3 Å². The highest BCUT2D eigenvalue weighted by atomic mass is 32.2. The van der Waals surface area contributed by atoms with Gasteiger partial charge in [-0.05, 0) is 25.7 Å². The molecule has 0 saturated carbocycles. The summed E-state index contributed by atoms with van der Waals surface area (Å²) in [5.74, 6) is -1.77. The van der Waals surface area contributed by atoms with E-state index in [-0.39, 0.29) is 98.5 Å². The fourth-order valence-electron chi connectivity index (χ4n) is 9.17. The summed E-state index contributed by atoms with van der Waals surface area (Å²) in [7, 11) is -14.6. The second-order valence-corrected chi connectivity index (χ2v) is 27.8. The molecule has 0 aliphatic carbocycles. The number of unbranched alkanes of at least 4 members (excludes halogenated alkanes) is 22. The van der Waals surface area contributed by atoms with Crippen LogP contribution in [0.25, 0.3) is 0 Å². The van der Waals surface area contributed by atoms with Crippen LogP contribution in [0.2, 0.25) is 6.04 Å². The Bertz CT molecular complexity index is 1480. The zero-order chi connectivity index (χ0) is 54.6. The smallest absolute Gasteiger partial charge is 0.501 e. The monoisotopic (exact) mass is 1130 g/mol. The molecular weight excluding hydrogens is 1020 g/mol. The predicted octanol–water partition coefficient (Wildman–Crippen LogP) is 6.42. The van der Waals surface area contributed by atoms with Gasteiger partial charge < -0.3 is 37.6 Å². The molecule has 1 atom stereocenters. The van der Waals surface area contributed by atoms with E-state index >= 15 is 0 Å². The third kappa shape index (κ3) is 47.3. The average molecular weight is 1130 g/mol. The van der Waals surface area contributed by atoms with E-state index in [2.05, 4.69) is 20.9 Å². The number of aliphatic hydroxyl groups is 3. The standard InChI is InChI=1S/C50H108N4O15S3Si/c1-4-6-8-10-12-14-15-16-17-18-19-20-21-23-25-27-39-54(3,38-26-24-22-13-11-9-7-5-2)40-28-50-73(67-44-32-51(29-41-55)35-47-70(58,59)60,68-45-33-52(30-42-56)36-48-71(61,62)63)69-46-34-53(31-43-57)37-49-72(64,65)66/h55-57H,4-50H2,1-3H3,(H2-,58,59,60,61,62,63,64,65,66). The van der Waals surface area contributed by atoms with Crippen LogP contribution in [0.3, 0.4) is 0 Å². The molecule has 73 heavy (non-hydrogen) atoms. The Morgan fingerprint density at radius 2 is 0.685 bits per heavy atom. The van der Waals surface area contributed by atoms with Crippen molar-refractivity contribution >= 4 is 39.2 Å². The predicted molar refractivity (Wildman–Crippen MR) is 294 cm³/mol. The molecule has 0 radical (unpaired) electrons. The van der Waals surface area contributed by atoms with E-state index in [9.17, 15) is 54.2 Å². The van der Waals surface area contributed by atoms with Crippen molar-refractivity contribution < 1.29 is 72.0 Å². The van der Waals surface area contributed by atoms with Crippen molar-refractivity contribution in [1.29, 1.82) is 0 Å². The van der Waals surface area contributed by atoms with Crippen molar-refractivity contribution in [2.24, 2.45) is 0 Å². The molecule has 23 heteroatoms. The maximum Gasteiger partial charge on any atom is 0.501 e. The van der Waals surface area contributed by atoms with Crippen LogP contribution < -0.4 is 0 Å². The summed E-state index contributed by atoms with van der Waals surface area (Å²) in [5, 5.41) is 29.3. The normalized spacial score (nSPS) is 13.8. The second-order valence-electron chi connectivity index (χ2n) is 20.4. The number of hydrogen-bond acceptors (Lipinski definition) is 16. The summed E-state index contributed by atoms with van der Waals surface area (Å²) in [6, 6.07) is 0.349. The van der Waals surface area contributed by atoms with E-state index in [0.717, 1.165) is 43.4 Å². The van der Waals surface area contributed by atoms with Crippen LogP contribution in [0.4, 0.5) is 0 Å². The highest BCUT2D eigenvalue weighted by Crippen LogP contribution is 2.23. The molecule has 19 nitrogen and oxygen atoms in total. The van der Waals surface area contributed by atoms with Gasteiger partial charge >= 0.3 is 8.80 Å². The summed E-state index contributed by atoms with van der Waals surface area (Å²) in [6.07, 6.45) is 31.2. The van der Waals surface area contributed by atoms with Gasteiger partial charge in [-0.1, -0.05) is 142 Å². The number of quaternary nitrogens is 1. The number of hydrogen-bond donors (Lipinski definition) is 5. The number of nitrogens with zero attached hydrogens (tertiary/aromatic N) is 4. The molecule has 0 aliphatic rings. The summed E-state index contributed by atoms with van der Waals surface area (Å²) in [5.41, 5.74) is 0. The Morgan fingerprint density at radius 3 is 0.959 bits per heavy atom. The molecule has 0 rings (SSSR count). The lowest BCUT2D eigenvalue weighted by Gasteiger charge is -2.37. The van der Waals surface area contributed by atoms with Crippen LogP contribution in [0, 0.1) is 0 Å². The maximum absolute atomic E-state index is 11.6. The largest absolute Gasteiger partial charge is 0.748 e. The van der Waals surface area contributed by atoms with Gasteiger partial charge in [0, 0.05) is 71.4 Å². The molecule has 440 valence electrons. The van der Waals surface area contributed by atoms with Gasteiger partial charge in [0.1, 0.15) is 0 Å². The lowest BCUT2D eigenvalue weighted by atomic mass is 10.0. The van der Waals surface area contributed by atoms with Crippen LogP contribution in [-0.4, -0.2) is 225 Å². The zero-order valence-corrected chi connectivity index (χ0v) is 49.5. The summed E-state index contributed by atoms with van der Waals surface area (Å²) in [6.45, 7) is 6.83. The number of rotatable bonds is 57. The first kappa shape index (κ1) is 72.5. The molecule has 0 aromatic rings. The summed E-state index contributed by atoms with van der Waals surface area (Å²) in [4.78, 5) is 4.86. The first-order chi connectivity index (χ1) is 34.7. The quantitative estimate of drug-likeness (QED) is 0.0190. The van der Waals surface area contributed by atoms with E-state index in [1.54, 1.807) is 14.7 Å². The van der Waals surface area contributed by atoms with Crippen LogP contribution in [-0.2, 0) is 43.6 Å². The Morgan fingerprint density at radius 1 is 0.411 bits per heavy atom. The average Bonchev–Trinajstić information content (AvgIpc) is 3.31. The van der Waals surface area contributed by atoms with Gasteiger partial charge in [-0.25, -0.2) is 8.42 Å². The fourth-order valence-corrected chi connectivity index (χ4v) is 13.1. The van der Waals surface area contributed by atoms with E-state index in [0.29, 0.717) is 12.5 Å². The van der Waals surface area contributed by atoms with Gasteiger partial charge in [0.05, 0.1) is 93.7 Å². The van der Waals surface area contributed by atoms with Gasteiger partial charge in [0.15, 0.2) is 0 Å². The van der Waals surface area contributed by atoms with E-state index in [1.165, 1.54) is 135 Å². The van der Waals surface area contributed by atoms with Crippen molar-refractivity contribution in [2.45, 2.75) is 180 Å². The van der Waals surface area contributed by atoms with Gasteiger partial charge in [-0.15, -0.1) is 0 Å². The lowest BCUT2D eigenvalue weighted by Crippen LogP contribution is -2.52. The topological polar surface area (TPSA) is 264 Å². The van der Waals surface area contributed by atoms with Crippen LogP contribution in [0.5, 0.6) is 0 Å². The molecule has 0 saturated heterocycles. The molecule has 0 aliphatic heterocycles. The fraction of sp³-hybridized carbons (Fsp3) is 1.00.